The average molecular weight is 433 g/mol. The van der Waals surface area contributed by atoms with Gasteiger partial charge in [-0.1, -0.05) is 26.0 Å². The van der Waals surface area contributed by atoms with Crippen LogP contribution in [0.1, 0.15) is 28.2 Å². The Bertz CT molecular complexity index is 704. The third kappa shape index (κ3) is 14.8. The Morgan fingerprint density at radius 2 is 1.48 bits per heavy atom. The average Bonchev–Trinajstić information content (AvgIpc) is 2.64. The first-order chi connectivity index (χ1) is 13.3. The van der Waals surface area contributed by atoms with Gasteiger partial charge in [0.25, 0.3) is 0 Å². The Kier molecular flexibility index (Phi) is 21.1. The van der Waals surface area contributed by atoms with E-state index >= 15 is 0 Å². The Hall–Kier alpha value is -2.89. The first-order valence-corrected chi connectivity index (χ1v) is 8.57. The van der Waals surface area contributed by atoms with Crippen molar-refractivity contribution in [3.8, 4) is 0 Å². The molecule has 0 bridgehead atoms. The highest BCUT2D eigenvalue weighted by atomic mass is 35.5. The van der Waals surface area contributed by atoms with Crippen LogP contribution in [0.3, 0.4) is 0 Å². The minimum absolute atomic E-state index is 0. The minimum Gasteiger partial charge on any atom is -0.397 e. The molecule has 0 aliphatic heterocycles. The van der Waals surface area contributed by atoms with E-state index in [9.17, 15) is 20.2 Å². The molecule has 0 radical (unpaired) electrons. The van der Waals surface area contributed by atoms with Crippen molar-refractivity contribution in [1.82, 2.24) is 9.97 Å². The molecule has 0 aliphatic rings. The number of nitro groups is 2. The number of nitrogens with zero attached hydrogens (tertiary/aromatic N) is 4. The molecule has 2 aromatic rings. The fourth-order valence-electron chi connectivity index (χ4n) is 1.36. The number of hydrogen-bond donors (Lipinski definition) is 3. The van der Waals surface area contributed by atoms with Crippen LogP contribution in [0.15, 0.2) is 36.7 Å². The monoisotopic (exact) mass is 432 g/mol. The van der Waals surface area contributed by atoms with Gasteiger partial charge in [0.15, 0.2) is 0 Å². The zero-order valence-electron chi connectivity index (χ0n) is 15.9. The molecule has 164 valence electrons. The van der Waals surface area contributed by atoms with E-state index in [1.807, 2.05) is 13.8 Å². The van der Waals surface area contributed by atoms with Gasteiger partial charge >= 0.3 is 11.4 Å². The third-order valence-corrected chi connectivity index (χ3v) is 2.55. The van der Waals surface area contributed by atoms with Crippen LogP contribution in [-0.2, 0) is 0 Å². The summed E-state index contributed by atoms with van der Waals surface area (Å²) >= 11 is 5.37. The van der Waals surface area contributed by atoms with Crippen molar-refractivity contribution in [3.05, 3.63) is 62.0 Å². The van der Waals surface area contributed by atoms with Crippen LogP contribution in [0.25, 0.3) is 0 Å². The molecular formula is C17H29ClN6O5. The first kappa shape index (κ1) is 30.8. The van der Waals surface area contributed by atoms with Crippen LogP contribution in [0.5, 0.6) is 0 Å². The Morgan fingerprint density at radius 3 is 1.83 bits per heavy atom. The van der Waals surface area contributed by atoms with E-state index in [4.69, 9.17) is 22.4 Å². The standard InChI is InChI=1S/C7H9N3O2.C5H3ClN2O2.C2H7N.C2H6O.CH4/c1-2-8-7-6(10(11)12)4-3-5-9-7;6-5-4(8(9)10)2-1-3-7-5;2*1-2-3;/h3-5H,2H2,1H3,(H,8,9);1-3H;2-3H2,1H3;3H,2H2,1H3;1H4. The molecule has 0 spiro atoms. The highest BCUT2D eigenvalue weighted by Crippen LogP contribution is 2.20. The molecule has 2 rings (SSSR count). The number of pyridine rings is 2. The second kappa shape index (κ2) is 19.9. The molecule has 0 amide bonds. The number of rotatable bonds is 4. The molecule has 0 aromatic carbocycles. The normalized spacial score (nSPS) is 8.34. The molecule has 0 saturated heterocycles. The summed E-state index contributed by atoms with van der Waals surface area (Å²) in [6.45, 7) is 7.07. The van der Waals surface area contributed by atoms with Crippen molar-refractivity contribution < 1.29 is 15.0 Å². The minimum atomic E-state index is -0.574. The molecule has 0 saturated carbocycles. The molecule has 4 N–H and O–H groups in total. The van der Waals surface area contributed by atoms with Gasteiger partial charge in [-0.3, -0.25) is 20.2 Å². The van der Waals surface area contributed by atoms with Gasteiger partial charge in [0.2, 0.25) is 11.0 Å². The maximum absolute atomic E-state index is 10.4. The quantitative estimate of drug-likeness (QED) is 0.370. The Morgan fingerprint density at radius 1 is 1.07 bits per heavy atom. The summed E-state index contributed by atoms with van der Waals surface area (Å²) in [6, 6.07) is 5.73. The maximum atomic E-state index is 10.4. The van der Waals surface area contributed by atoms with E-state index in [1.165, 1.54) is 30.6 Å². The van der Waals surface area contributed by atoms with Crippen molar-refractivity contribution in [2.75, 3.05) is 25.0 Å². The number of nitrogens with one attached hydrogen (secondary N) is 1. The van der Waals surface area contributed by atoms with E-state index < -0.39 is 9.85 Å². The van der Waals surface area contributed by atoms with Crippen LogP contribution in [-0.4, -0.2) is 44.6 Å². The van der Waals surface area contributed by atoms with Gasteiger partial charge in [0.1, 0.15) is 0 Å². The van der Waals surface area contributed by atoms with Gasteiger partial charge < -0.3 is 16.2 Å². The van der Waals surface area contributed by atoms with Gasteiger partial charge in [0.05, 0.1) is 9.85 Å². The third-order valence-electron chi connectivity index (χ3n) is 2.26. The molecule has 2 heterocycles. The largest absolute Gasteiger partial charge is 0.397 e. The summed E-state index contributed by atoms with van der Waals surface area (Å²) in [5.74, 6) is 0.324. The summed E-state index contributed by atoms with van der Waals surface area (Å²) in [6.07, 6.45) is 2.92. The van der Waals surface area contributed by atoms with Crippen molar-refractivity contribution >= 4 is 28.8 Å². The van der Waals surface area contributed by atoms with E-state index in [-0.39, 0.29) is 30.6 Å². The second-order valence-electron chi connectivity index (χ2n) is 4.45. The van der Waals surface area contributed by atoms with E-state index in [0.29, 0.717) is 12.4 Å². The van der Waals surface area contributed by atoms with Crippen molar-refractivity contribution in [3.63, 3.8) is 0 Å². The lowest BCUT2D eigenvalue weighted by molar-refractivity contribution is -0.385. The number of halogens is 1. The fourth-order valence-corrected chi connectivity index (χ4v) is 1.55. The zero-order chi connectivity index (χ0) is 21.9. The van der Waals surface area contributed by atoms with E-state index in [2.05, 4.69) is 15.3 Å². The predicted molar refractivity (Wildman–Crippen MR) is 115 cm³/mol. The van der Waals surface area contributed by atoms with Gasteiger partial charge in [-0.2, -0.15) is 0 Å². The number of aliphatic hydroxyl groups excluding tert-OH is 1. The van der Waals surface area contributed by atoms with E-state index in [0.717, 1.165) is 6.54 Å². The molecule has 0 fully saturated rings. The van der Waals surface area contributed by atoms with Gasteiger partial charge in [-0.05, 0) is 32.5 Å². The topological polar surface area (TPSA) is 170 Å². The number of anilines is 1. The number of aromatic nitrogens is 2. The molecule has 0 aliphatic carbocycles. The summed E-state index contributed by atoms with van der Waals surface area (Å²) in [7, 11) is 0. The summed E-state index contributed by atoms with van der Waals surface area (Å²) in [5, 5.41) is 30.8. The lowest BCUT2D eigenvalue weighted by Crippen LogP contribution is -2.02. The van der Waals surface area contributed by atoms with Crippen molar-refractivity contribution in [1.29, 1.82) is 0 Å². The summed E-state index contributed by atoms with van der Waals surface area (Å²) in [5.41, 5.74) is 4.70. The van der Waals surface area contributed by atoms with Crippen LogP contribution in [0.4, 0.5) is 17.2 Å². The maximum Gasteiger partial charge on any atom is 0.311 e. The summed E-state index contributed by atoms with van der Waals surface area (Å²) in [4.78, 5) is 26.9. The van der Waals surface area contributed by atoms with E-state index in [1.54, 1.807) is 13.0 Å². The predicted octanol–water partition coefficient (Wildman–Crippen LogP) is 3.66. The first-order valence-electron chi connectivity index (χ1n) is 8.19. The highest BCUT2D eigenvalue weighted by Gasteiger charge is 2.12. The van der Waals surface area contributed by atoms with Crippen molar-refractivity contribution in [2.45, 2.75) is 28.2 Å². The molecule has 11 nitrogen and oxygen atoms in total. The SMILES string of the molecule is C.CCN.CCNc1ncccc1[N+](=O)[O-].CCO.O=[N+]([O-])c1cccnc1Cl. The molecule has 0 atom stereocenters. The number of hydrogen-bond acceptors (Lipinski definition) is 9. The number of aliphatic hydroxyl groups is 1. The highest BCUT2D eigenvalue weighted by molar-refractivity contribution is 6.31. The number of nitrogens with two attached hydrogens (primary N) is 1. The molecule has 0 unspecified atom stereocenters. The molecule has 29 heavy (non-hydrogen) atoms. The summed E-state index contributed by atoms with van der Waals surface area (Å²) < 4.78 is 0. The zero-order valence-corrected chi connectivity index (χ0v) is 16.7. The molecule has 12 heteroatoms. The smallest absolute Gasteiger partial charge is 0.311 e. The van der Waals surface area contributed by atoms with Crippen LogP contribution in [0.2, 0.25) is 5.15 Å². The van der Waals surface area contributed by atoms with Crippen molar-refractivity contribution in [2.24, 2.45) is 5.73 Å². The van der Waals surface area contributed by atoms with Crippen LogP contribution >= 0.6 is 11.6 Å². The van der Waals surface area contributed by atoms with Gasteiger partial charge in [0, 0.05) is 37.7 Å². The lowest BCUT2D eigenvalue weighted by atomic mass is 10.4. The Balaban J connectivity index is -0.000000360. The Labute approximate surface area is 175 Å². The molecule has 2 aromatic heterocycles. The molecular weight excluding hydrogens is 404 g/mol. The van der Waals surface area contributed by atoms with Crippen LogP contribution < -0.4 is 11.1 Å². The second-order valence-corrected chi connectivity index (χ2v) is 4.81. The van der Waals surface area contributed by atoms with Gasteiger partial charge in [-0.25, -0.2) is 9.97 Å². The fraction of sp³-hybridized carbons (Fsp3) is 0.412. The van der Waals surface area contributed by atoms with Gasteiger partial charge in [-0.15, -0.1) is 0 Å². The van der Waals surface area contributed by atoms with Crippen LogP contribution in [0, 0.1) is 20.2 Å². The lowest BCUT2D eigenvalue weighted by Gasteiger charge is -2.00.